The van der Waals surface area contributed by atoms with Crippen molar-refractivity contribution in [2.24, 2.45) is 0 Å². The molecular formula is C25H27FN6O2. The zero-order chi connectivity index (χ0) is 23.7. The van der Waals surface area contributed by atoms with Crippen LogP contribution in [-0.4, -0.2) is 39.5 Å². The number of nitrogens with zero attached hydrogens (tertiary/aromatic N) is 6. The molecule has 4 heterocycles. The third-order valence-electron chi connectivity index (χ3n) is 6.85. The highest BCUT2D eigenvalue weighted by Crippen LogP contribution is 2.35. The van der Waals surface area contributed by atoms with Gasteiger partial charge < -0.3 is 9.80 Å². The van der Waals surface area contributed by atoms with Crippen LogP contribution in [0.3, 0.4) is 0 Å². The molecule has 0 radical (unpaired) electrons. The molecule has 0 N–H and O–H groups in total. The first-order valence-corrected chi connectivity index (χ1v) is 11.7. The van der Waals surface area contributed by atoms with E-state index >= 15 is 0 Å². The Balaban J connectivity index is 1.21. The van der Waals surface area contributed by atoms with Gasteiger partial charge in [-0.15, -0.1) is 0 Å². The number of anilines is 2. The first-order valence-electron chi connectivity index (χ1n) is 11.7. The van der Waals surface area contributed by atoms with Gasteiger partial charge in [-0.25, -0.2) is 14.4 Å². The lowest BCUT2D eigenvalue weighted by molar-refractivity contribution is -0.385. The van der Waals surface area contributed by atoms with Crippen LogP contribution in [-0.2, 0) is 19.4 Å². The van der Waals surface area contributed by atoms with E-state index in [-0.39, 0.29) is 5.69 Å². The molecule has 2 aromatic heterocycles. The number of halogens is 1. The number of piperidine rings is 1. The Morgan fingerprint density at radius 1 is 1.09 bits per heavy atom. The SMILES string of the molecule is CCc1cnc(N2CCC(c3ccc(CN4CCc5cc([N+](=O)[O-])cc(F)c54)nc3)CC2)nc1. The predicted octanol–water partition coefficient (Wildman–Crippen LogP) is 4.43. The highest BCUT2D eigenvalue weighted by molar-refractivity contribution is 5.62. The molecule has 0 saturated carbocycles. The van der Waals surface area contributed by atoms with Crippen molar-refractivity contribution in [1.29, 1.82) is 0 Å². The van der Waals surface area contributed by atoms with Crippen LogP contribution in [0.4, 0.5) is 21.7 Å². The maximum Gasteiger partial charge on any atom is 0.272 e. The van der Waals surface area contributed by atoms with Crippen LogP contribution < -0.4 is 9.80 Å². The fourth-order valence-corrected chi connectivity index (χ4v) is 4.89. The quantitative estimate of drug-likeness (QED) is 0.396. The van der Waals surface area contributed by atoms with Crippen molar-refractivity contribution >= 4 is 17.3 Å². The van der Waals surface area contributed by atoms with E-state index in [1.807, 2.05) is 29.6 Å². The summed E-state index contributed by atoms with van der Waals surface area (Å²) in [5.41, 5.74) is 4.16. The van der Waals surface area contributed by atoms with Crippen molar-refractivity contribution in [2.75, 3.05) is 29.4 Å². The van der Waals surface area contributed by atoms with Gasteiger partial charge in [-0.2, -0.15) is 0 Å². The molecule has 34 heavy (non-hydrogen) atoms. The number of aryl methyl sites for hydroxylation is 1. The van der Waals surface area contributed by atoms with Crippen molar-refractivity contribution in [3.63, 3.8) is 0 Å². The topological polar surface area (TPSA) is 88.3 Å². The summed E-state index contributed by atoms with van der Waals surface area (Å²) in [7, 11) is 0. The third-order valence-corrected chi connectivity index (χ3v) is 6.85. The molecule has 0 bridgehead atoms. The molecule has 1 saturated heterocycles. The molecule has 1 fully saturated rings. The standard InChI is InChI=1S/C25H27FN6O2/c1-2-17-13-28-25(29-14-17)30-8-5-18(6-9-30)20-3-4-21(27-15-20)16-31-10-7-19-11-22(32(33)34)12-23(26)24(19)31/h3-4,11-15,18H,2,5-10,16H2,1H3. The van der Waals surface area contributed by atoms with Crippen LogP contribution >= 0.6 is 0 Å². The van der Waals surface area contributed by atoms with E-state index in [9.17, 15) is 14.5 Å². The Hall–Kier alpha value is -3.62. The fraction of sp³-hybridized carbons (Fsp3) is 0.400. The molecule has 1 aromatic carbocycles. The van der Waals surface area contributed by atoms with Crippen LogP contribution in [0.1, 0.15) is 48.1 Å². The summed E-state index contributed by atoms with van der Waals surface area (Å²) in [6.45, 7) is 5.02. The van der Waals surface area contributed by atoms with Gasteiger partial charge in [0.05, 0.1) is 28.9 Å². The molecule has 176 valence electrons. The minimum Gasteiger partial charge on any atom is -0.363 e. The molecule has 0 aliphatic carbocycles. The van der Waals surface area contributed by atoms with Crippen LogP contribution in [0.5, 0.6) is 0 Å². The monoisotopic (exact) mass is 462 g/mol. The average molecular weight is 463 g/mol. The molecule has 0 unspecified atom stereocenters. The van der Waals surface area contributed by atoms with E-state index in [0.29, 0.717) is 36.7 Å². The van der Waals surface area contributed by atoms with Crippen molar-refractivity contribution in [2.45, 2.75) is 45.1 Å². The number of non-ortho nitro benzene ring substituents is 1. The predicted molar refractivity (Wildman–Crippen MR) is 128 cm³/mol. The van der Waals surface area contributed by atoms with Crippen LogP contribution in [0.25, 0.3) is 0 Å². The largest absolute Gasteiger partial charge is 0.363 e. The Labute approximate surface area is 197 Å². The summed E-state index contributed by atoms with van der Waals surface area (Å²) in [4.78, 5) is 28.3. The fourth-order valence-electron chi connectivity index (χ4n) is 4.89. The molecule has 5 rings (SSSR count). The number of aromatic nitrogens is 3. The molecule has 0 atom stereocenters. The van der Waals surface area contributed by atoms with Gasteiger partial charge >= 0.3 is 0 Å². The summed E-state index contributed by atoms with van der Waals surface area (Å²) in [6.07, 6.45) is 9.31. The normalized spacial score (nSPS) is 16.1. The van der Waals surface area contributed by atoms with E-state index in [1.165, 1.54) is 11.6 Å². The number of pyridine rings is 1. The maximum absolute atomic E-state index is 14.6. The van der Waals surface area contributed by atoms with Gasteiger partial charge in [0.1, 0.15) is 0 Å². The lowest BCUT2D eigenvalue weighted by atomic mass is 9.90. The lowest BCUT2D eigenvalue weighted by Crippen LogP contribution is -2.34. The number of fused-ring (bicyclic) bond motifs is 1. The maximum atomic E-state index is 14.6. The van der Waals surface area contributed by atoms with E-state index in [2.05, 4.69) is 32.8 Å². The van der Waals surface area contributed by atoms with Crippen molar-refractivity contribution in [3.05, 3.63) is 81.2 Å². The summed E-state index contributed by atoms with van der Waals surface area (Å²) in [5, 5.41) is 11.0. The number of rotatable bonds is 6. The van der Waals surface area contributed by atoms with Crippen molar-refractivity contribution in [1.82, 2.24) is 15.0 Å². The highest BCUT2D eigenvalue weighted by atomic mass is 19.1. The molecule has 2 aliphatic heterocycles. The van der Waals surface area contributed by atoms with Gasteiger partial charge in [0.2, 0.25) is 5.95 Å². The Morgan fingerprint density at radius 2 is 1.85 bits per heavy atom. The van der Waals surface area contributed by atoms with Crippen LogP contribution in [0, 0.1) is 15.9 Å². The molecule has 2 aliphatic rings. The highest BCUT2D eigenvalue weighted by Gasteiger charge is 2.27. The average Bonchev–Trinajstić information content (AvgIpc) is 3.28. The molecular weight excluding hydrogens is 435 g/mol. The number of hydrogen-bond donors (Lipinski definition) is 0. The van der Waals surface area contributed by atoms with Gasteiger partial charge in [-0.3, -0.25) is 15.1 Å². The summed E-state index contributed by atoms with van der Waals surface area (Å²) < 4.78 is 14.6. The number of nitro groups is 1. The van der Waals surface area contributed by atoms with Crippen molar-refractivity contribution in [3.8, 4) is 0 Å². The van der Waals surface area contributed by atoms with Gasteiger partial charge in [0.15, 0.2) is 5.82 Å². The first kappa shape index (κ1) is 22.2. The molecule has 9 heteroatoms. The minimum atomic E-state index is -0.550. The second kappa shape index (κ2) is 9.32. The van der Waals surface area contributed by atoms with E-state index in [1.54, 1.807) is 0 Å². The Morgan fingerprint density at radius 3 is 2.50 bits per heavy atom. The lowest BCUT2D eigenvalue weighted by Gasteiger charge is -2.32. The second-order valence-electron chi connectivity index (χ2n) is 8.95. The van der Waals surface area contributed by atoms with Crippen LogP contribution in [0.15, 0.2) is 42.9 Å². The van der Waals surface area contributed by atoms with Gasteiger partial charge in [0.25, 0.3) is 5.69 Å². The zero-order valence-electron chi connectivity index (χ0n) is 19.2. The van der Waals surface area contributed by atoms with Gasteiger partial charge in [0, 0.05) is 44.3 Å². The molecule has 3 aromatic rings. The smallest absolute Gasteiger partial charge is 0.272 e. The van der Waals surface area contributed by atoms with Gasteiger partial charge in [-0.1, -0.05) is 13.0 Å². The van der Waals surface area contributed by atoms with E-state index < -0.39 is 10.7 Å². The molecule has 0 amide bonds. The van der Waals surface area contributed by atoms with E-state index in [4.69, 9.17) is 0 Å². The van der Waals surface area contributed by atoms with E-state index in [0.717, 1.165) is 55.6 Å². The van der Waals surface area contributed by atoms with Gasteiger partial charge in [-0.05, 0) is 54.4 Å². The summed E-state index contributed by atoms with van der Waals surface area (Å²) in [6, 6.07) is 6.61. The summed E-state index contributed by atoms with van der Waals surface area (Å²) in [5.74, 6) is 0.698. The second-order valence-corrected chi connectivity index (χ2v) is 8.95. The Kier molecular flexibility index (Phi) is 6.08. The zero-order valence-corrected chi connectivity index (χ0v) is 19.2. The minimum absolute atomic E-state index is 0.198. The third kappa shape index (κ3) is 4.42. The number of hydrogen-bond acceptors (Lipinski definition) is 7. The number of benzene rings is 1. The molecule has 8 nitrogen and oxygen atoms in total. The Bertz CT molecular complexity index is 1180. The van der Waals surface area contributed by atoms with Crippen LogP contribution in [0.2, 0.25) is 0 Å². The molecule has 0 spiro atoms. The summed E-state index contributed by atoms with van der Waals surface area (Å²) >= 11 is 0. The van der Waals surface area contributed by atoms with Crippen molar-refractivity contribution < 1.29 is 9.31 Å². The first-order chi connectivity index (χ1) is 16.5. The number of nitro benzene ring substituents is 1.